The molecule has 0 aliphatic heterocycles. The van der Waals surface area contributed by atoms with Crippen LogP contribution in [-0.2, 0) is 0 Å². The Labute approximate surface area is 258 Å². The topological polar surface area (TPSA) is 52.0 Å². The van der Waals surface area contributed by atoms with E-state index in [2.05, 4.69) is 127 Å². The summed E-state index contributed by atoms with van der Waals surface area (Å²) < 4.78 is 0. The highest BCUT2D eigenvalue weighted by Crippen LogP contribution is 2.44. The van der Waals surface area contributed by atoms with Crippen molar-refractivity contribution < 1.29 is 0 Å². The zero-order valence-corrected chi connectivity index (χ0v) is 24.3. The molecule has 0 saturated carbocycles. The molecule has 4 N–H and O–H groups in total. The summed E-state index contributed by atoms with van der Waals surface area (Å²) in [5, 5.41) is 0. The van der Waals surface area contributed by atoms with Crippen molar-refractivity contribution in [2.45, 2.75) is 0 Å². The summed E-state index contributed by atoms with van der Waals surface area (Å²) in [4.78, 5) is 0. The fourth-order valence-corrected chi connectivity index (χ4v) is 5.89. The molecule has 0 atom stereocenters. The van der Waals surface area contributed by atoms with Crippen molar-refractivity contribution in [1.29, 1.82) is 0 Å². The van der Waals surface area contributed by atoms with Crippen molar-refractivity contribution in [1.82, 2.24) is 0 Å². The smallest absolute Gasteiger partial charge is 0.0320 e. The van der Waals surface area contributed by atoms with Crippen LogP contribution in [0.1, 0.15) is 0 Å². The summed E-state index contributed by atoms with van der Waals surface area (Å²) in [6.07, 6.45) is 0. The third-order valence-corrected chi connectivity index (χ3v) is 8.16. The third-order valence-electron chi connectivity index (χ3n) is 8.16. The average molecular weight is 565 g/mol. The van der Waals surface area contributed by atoms with Crippen LogP contribution in [0.5, 0.6) is 0 Å². The molecule has 0 radical (unpaired) electrons. The van der Waals surface area contributed by atoms with E-state index in [9.17, 15) is 0 Å². The molecule has 0 unspecified atom stereocenters. The Balaban J connectivity index is 1.46. The lowest BCUT2D eigenvalue weighted by Crippen LogP contribution is -1.94. The summed E-state index contributed by atoms with van der Waals surface area (Å²) in [6, 6.07) is 59.6. The first kappa shape index (κ1) is 27.0. The highest BCUT2D eigenvalue weighted by Gasteiger charge is 2.18. The molecule has 0 saturated heterocycles. The Bertz CT molecular complexity index is 1920. The molecule has 0 aliphatic rings. The minimum absolute atomic E-state index is 0.743. The van der Waals surface area contributed by atoms with Crippen LogP contribution in [0.4, 0.5) is 11.4 Å². The first-order chi connectivity index (χ1) is 21.6. The Kier molecular flexibility index (Phi) is 7.24. The maximum atomic E-state index is 6.26. The number of hydrogen-bond donors (Lipinski definition) is 2. The number of anilines is 2. The monoisotopic (exact) mass is 564 g/mol. The standard InChI is InChI=1S/C42H32N2/c43-38-24-22-35(23-25-38)42-40(33-18-14-31(15-19-33)29-8-3-1-4-9-29)27-37(36-12-7-13-39(44)26-36)28-41(42)34-20-16-32(17-21-34)30-10-5-2-6-11-30/h1-28H,43-44H2. The van der Waals surface area contributed by atoms with Gasteiger partial charge in [-0.3, -0.25) is 0 Å². The summed E-state index contributed by atoms with van der Waals surface area (Å²) in [5.74, 6) is 0. The van der Waals surface area contributed by atoms with Gasteiger partial charge in [-0.05, 0) is 103 Å². The number of rotatable bonds is 6. The Morgan fingerprint density at radius 1 is 0.250 bits per heavy atom. The van der Waals surface area contributed by atoms with E-state index in [4.69, 9.17) is 11.5 Å². The minimum Gasteiger partial charge on any atom is -0.399 e. The molecule has 0 fully saturated rings. The van der Waals surface area contributed by atoms with E-state index in [1.165, 1.54) is 22.3 Å². The van der Waals surface area contributed by atoms with E-state index < -0.39 is 0 Å². The number of nitrogens with two attached hydrogens (primary N) is 2. The molecule has 2 nitrogen and oxygen atoms in total. The van der Waals surface area contributed by atoms with Crippen molar-refractivity contribution in [3.8, 4) is 66.8 Å². The number of benzene rings is 7. The summed E-state index contributed by atoms with van der Waals surface area (Å²) in [6.45, 7) is 0. The Hall–Kier alpha value is -5.86. The Morgan fingerprint density at radius 3 is 1.14 bits per heavy atom. The van der Waals surface area contributed by atoms with Crippen molar-refractivity contribution in [2.24, 2.45) is 0 Å². The van der Waals surface area contributed by atoms with E-state index in [1.807, 2.05) is 42.5 Å². The van der Waals surface area contributed by atoms with Crippen LogP contribution in [0, 0.1) is 0 Å². The zero-order valence-electron chi connectivity index (χ0n) is 24.3. The fourth-order valence-electron chi connectivity index (χ4n) is 5.89. The molecule has 44 heavy (non-hydrogen) atoms. The lowest BCUT2D eigenvalue weighted by Gasteiger charge is -2.20. The molecule has 7 aromatic rings. The molecule has 7 rings (SSSR count). The zero-order chi connectivity index (χ0) is 29.9. The van der Waals surface area contributed by atoms with Crippen LogP contribution in [0.15, 0.2) is 170 Å². The van der Waals surface area contributed by atoms with Crippen molar-refractivity contribution >= 4 is 11.4 Å². The second kappa shape index (κ2) is 11.8. The first-order valence-corrected chi connectivity index (χ1v) is 14.8. The summed E-state index contributed by atoms with van der Waals surface area (Å²) in [7, 11) is 0. The van der Waals surface area contributed by atoms with Crippen LogP contribution in [0.25, 0.3) is 66.8 Å². The van der Waals surface area contributed by atoms with E-state index in [-0.39, 0.29) is 0 Å². The van der Waals surface area contributed by atoms with Gasteiger partial charge in [-0.25, -0.2) is 0 Å². The van der Waals surface area contributed by atoms with Crippen molar-refractivity contribution in [3.63, 3.8) is 0 Å². The largest absolute Gasteiger partial charge is 0.399 e. The molecule has 0 aliphatic carbocycles. The van der Waals surface area contributed by atoms with Crippen molar-refractivity contribution in [2.75, 3.05) is 11.5 Å². The van der Waals surface area contributed by atoms with Crippen LogP contribution in [0.2, 0.25) is 0 Å². The van der Waals surface area contributed by atoms with Gasteiger partial charge in [0, 0.05) is 11.4 Å². The minimum atomic E-state index is 0.743. The van der Waals surface area contributed by atoms with Crippen LogP contribution >= 0.6 is 0 Å². The normalized spacial score (nSPS) is 10.9. The van der Waals surface area contributed by atoms with Gasteiger partial charge in [0.1, 0.15) is 0 Å². The van der Waals surface area contributed by atoms with Gasteiger partial charge in [-0.1, -0.05) is 133 Å². The molecule has 0 heterocycles. The van der Waals surface area contributed by atoms with Gasteiger partial charge >= 0.3 is 0 Å². The van der Waals surface area contributed by atoms with E-state index in [0.717, 1.165) is 55.9 Å². The van der Waals surface area contributed by atoms with Crippen LogP contribution in [-0.4, -0.2) is 0 Å². The highest BCUT2D eigenvalue weighted by atomic mass is 14.5. The highest BCUT2D eigenvalue weighted by molar-refractivity contribution is 5.98. The molecular weight excluding hydrogens is 532 g/mol. The molecule has 210 valence electrons. The van der Waals surface area contributed by atoms with Gasteiger partial charge < -0.3 is 11.5 Å². The third kappa shape index (κ3) is 5.49. The molecule has 0 spiro atoms. The summed E-state index contributed by atoms with van der Waals surface area (Å²) in [5.41, 5.74) is 27.7. The Morgan fingerprint density at radius 2 is 0.659 bits per heavy atom. The van der Waals surface area contributed by atoms with Crippen LogP contribution < -0.4 is 11.5 Å². The van der Waals surface area contributed by atoms with Gasteiger partial charge in [0.05, 0.1) is 0 Å². The van der Waals surface area contributed by atoms with E-state index in [1.54, 1.807) is 0 Å². The summed E-state index contributed by atoms with van der Waals surface area (Å²) >= 11 is 0. The predicted octanol–water partition coefficient (Wildman–Crippen LogP) is 10.9. The van der Waals surface area contributed by atoms with Crippen LogP contribution in [0.3, 0.4) is 0 Å². The van der Waals surface area contributed by atoms with Gasteiger partial charge in [0.15, 0.2) is 0 Å². The van der Waals surface area contributed by atoms with E-state index >= 15 is 0 Å². The van der Waals surface area contributed by atoms with E-state index in [0.29, 0.717) is 0 Å². The van der Waals surface area contributed by atoms with Gasteiger partial charge in [0.25, 0.3) is 0 Å². The molecule has 0 aromatic heterocycles. The lowest BCUT2D eigenvalue weighted by atomic mass is 9.84. The van der Waals surface area contributed by atoms with Gasteiger partial charge in [-0.2, -0.15) is 0 Å². The molecule has 7 aromatic carbocycles. The molecular formula is C42H32N2. The maximum absolute atomic E-state index is 6.26. The first-order valence-electron chi connectivity index (χ1n) is 14.8. The van der Waals surface area contributed by atoms with Crippen molar-refractivity contribution in [3.05, 3.63) is 170 Å². The number of nitrogen functional groups attached to an aromatic ring is 2. The molecule has 2 heteroatoms. The average Bonchev–Trinajstić information content (AvgIpc) is 3.09. The molecule has 0 bridgehead atoms. The maximum Gasteiger partial charge on any atom is 0.0320 e. The van der Waals surface area contributed by atoms with Gasteiger partial charge in [0.2, 0.25) is 0 Å². The SMILES string of the molecule is Nc1ccc(-c2c(-c3ccc(-c4ccccc4)cc3)cc(-c3cccc(N)c3)cc2-c2ccc(-c3ccccc3)cc2)cc1. The molecule has 0 amide bonds. The quantitative estimate of drug-likeness (QED) is 0.197. The fraction of sp³-hybridized carbons (Fsp3) is 0. The lowest BCUT2D eigenvalue weighted by molar-refractivity contribution is 1.53. The number of hydrogen-bond acceptors (Lipinski definition) is 2. The van der Waals surface area contributed by atoms with Gasteiger partial charge in [-0.15, -0.1) is 0 Å². The predicted molar refractivity (Wildman–Crippen MR) is 188 cm³/mol. The second-order valence-corrected chi connectivity index (χ2v) is 11.1. The second-order valence-electron chi connectivity index (χ2n) is 11.1.